The van der Waals surface area contributed by atoms with Crippen LogP contribution in [0.15, 0.2) is 24.3 Å². The molecule has 1 saturated heterocycles. The quantitative estimate of drug-likeness (QED) is 0.853. The second kappa shape index (κ2) is 6.49. The van der Waals surface area contributed by atoms with Crippen molar-refractivity contribution in [3.05, 3.63) is 29.8 Å². The van der Waals surface area contributed by atoms with Crippen LogP contribution in [0.25, 0.3) is 0 Å². The van der Waals surface area contributed by atoms with Gasteiger partial charge in [0.05, 0.1) is 6.42 Å². The Bertz CT molecular complexity index is 446. The minimum absolute atomic E-state index is 0. The number of carbonyl (C=O) groups is 1. The average Bonchev–Trinajstić information content (AvgIpc) is 2.85. The molecule has 3 nitrogen and oxygen atoms in total. The fraction of sp³-hybridized carbons (Fsp3) is 0.562. The van der Waals surface area contributed by atoms with Crippen molar-refractivity contribution in [3.63, 3.8) is 0 Å². The Morgan fingerprint density at radius 2 is 1.65 bits per heavy atom. The van der Waals surface area contributed by atoms with Gasteiger partial charge in [-0.2, -0.15) is 0 Å². The highest BCUT2D eigenvalue weighted by molar-refractivity contribution is 5.85. The van der Waals surface area contributed by atoms with E-state index in [0.717, 1.165) is 36.2 Å². The zero-order chi connectivity index (χ0) is 13.2. The molecule has 1 amide bonds. The van der Waals surface area contributed by atoms with Gasteiger partial charge in [0.15, 0.2) is 0 Å². The van der Waals surface area contributed by atoms with Gasteiger partial charge in [0, 0.05) is 18.8 Å². The van der Waals surface area contributed by atoms with E-state index in [4.69, 9.17) is 5.73 Å². The Morgan fingerprint density at radius 1 is 1.10 bits per heavy atom. The SMILES string of the molecule is Cl.Nc1ccc(CC(=O)N2CC3CCCCC3C2)cc1. The maximum atomic E-state index is 12.3. The molecule has 1 heterocycles. The Balaban J connectivity index is 0.00000147. The summed E-state index contributed by atoms with van der Waals surface area (Å²) in [7, 11) is 0. The van der Waals surface area contributed by atoms with Gasteiger partial charge in [0.1, 0.15) is 0 Å². The average molecular weight is 295 g/mol. The van der Waals surface area contributed by atoms with Crippen LogP contribution in [0.5, 0.6) is 0 Å². The maximum absolute atomic E-state index is 12.3. The van der Waals surface area contributed by atoms with Crippen molar-refractivity contribution < 1.29 is 4.79 Å². The van der Waals surface area contributed by atoms with Crippen LogP contribution in [0.3, 0.4) is 0 Å². The minimum atomic E-state index is 0. The van der Waals surface area contributed by atoms with E-state index in [9.17, 15) is 4.79 Å². The number of benzene rings is 1. The lowest BCUT2D eigenvalue weighted by molar-refractivity contribution is -0.129. The van der Waals surface area contributed by atoms with Gasteiger partial charge in [-0.3, -0.25) is 4.79 Å². The Morgan fingerprint density at radius 3 is 2.20 bits per heavy atom. The molecule has 0 bridgehead atoms. The molecular formula is C16H23ClN2O. The molecule has 20 heavy (non-hydrogen) atoms. The monoisotopic (exact) mass is 294 g/mol. The van der Waals surface area contributed by atoms with Crippen LogP contribution in [0, 0.1) is 11.8 Å². The molecule has 1 aromatic carbocycles. The smallest absolute Gasteiger partial charge is 0.227 e. The molecule has 2 N–H and O–H groups in total. The van der Waals surface area contributed by atoms with Gasteiger partial charge in [-0.05, 0) is 42.4 Å². The lowest BCUT2D eigenvalue weighted by Gasteiger charge is -2.22. The summed E-state index contributed by atoms with van der Waals surface area (Å²) in [4.78, 5) is 14.4. The lowest BCUT2D eigenvalue weighted by Crippen LogP contribution is -2.30. The van der Waals surface area contributed by atoms with E-state index in [1.54, 1.807) is 0 Å². The van der Waals surface area contributed by atoms with E-state index in [1.165, 1.54) is 25.7 Å². The number of amides is 1. The Kier molecular flexibility index (Phi) is 4.92. The number of halogens is 1. The van der Waals surface area contributed by atoms with E-state index in [2.05, 4.69) is 4.90 Å². The number of anilines is 1. The molecule has 3 rings (SSSR count). The van der Waals surface area contributed by atoms with E-state index in [-0.39, 0.29) is 18.3 Å². The van der Waals surface area contributed by atoms with Crippen LogP contribution in [-0.4, -0.2) is 23.9 Å². The number of fused-ring (bicyclic) bond motifs is 1. The number of carbonyl (C=O) groups excluding carboxylic acids is 1. The standard InChI is InChI=1S/C16H22N2O.ClH/c17-15-7-5-12(6-8-15)9-16(19)18-10-13-3-1-2-4-14(13)11-18;/h5-8,13-14H,1-4,9-11,17H2;1H. The zero-order valence-electron chi connectivity index (χ0n) is 11.8. The first-order chi connectivity index (χ1) is 9.22. The predicted octanol–water partition coefficient (Wildman–Crippen LogP) is 2.88. The van der Waals surface area contributed by atoms with E-state index < -0.39 is 0 Å². The third-order valence-corrected chi connectivity index (χ3v) is 4.66. The van der Waals surface area contributed by atoms with Crippen LogP contribution < -0.4 is 5.73 Å². The van der Waals surface area contributed by atoms with E-state index in [0.29, 0.717) is 6.42 Å². The normalized spacial score (nSPS) is 24.9. The van der Waals surface area contributed by atoms with E-state index in [1.807, 2.05) is 24.3 Å². The van der Waals surface area contributed by atoms with Gasteiger partial charge in [0.2, 0.25) is 5.91 Å². The third kappa shape index (κ3) is 3.26. The number of hydrogen-bond acceptors (Lipinski definition) is 2. The van der Waals surface area contributed by atoms with Gasteiger partial charge in [0.25, 0.3) is 0 Å². The molecule has 110 valence electrons. The first kappa shape index (κ1) is 15.2. The van der Waals surface area contributed by atoms with Crippen molar-refractivity contribution in [1.29, 1.82) is 0 Å². The topological polar surface area (TPSA) is 46.3 Å². The van der Waals surface area contributed by atoms with Crippen molar-refractivity contribution in [2.24, 2.45) is 11.8 Å². The third-order valence-electron chi connectivity index (χ3n) is 4.66. The second-order valence-electron chi connectivity index (χ2n) is 6.02. The maximum Gasteiger partial charge on any atom is 0.227 e. The molecule has 1 saturated carbocycles. The number of nitrogens with two attached hydrogens (primary N) is 1. The fourth-order valence-electron chi connectivity index (χ4n) is 3.53. The molecule has 1 aliphatic carbocycles. The number of rotatable bonds is 2. The lowest BCUT2D eigenvalue weighted by atomic mass is 9.82. The number of hydrogen-bond donors (Lipinski definition) is 1. The molecule has 1 aliphatic heterocycles. The van der Waals surface area contributed by atoms with Gasteiger partial charge in [-0.25, -0.2) is 0 Å². The highest BCUT2D eigenvalue weighted by Gasteiger charge is 2.36. The summed E-state index contributed by atoms with van der Waals surface area (Å²) in [6.45, 7) is 1.97. The Hall–Kier alpha value is -1.22. The first-order valence-electron chi connectivity index (χ1n) is 7.34. The summed E-state index contributed by atoms with van der Waals surface area (Å²) >= 11 is 0. The summed E-state index contributed by atoms with van der Waals surface area (Å²) in [5.74, 6) is 1.81. The molecule has 2 aliphatic rings. The highest BCUT2D eigenvalue weighted by atomic mass is 35.5. The molecule has 0 radical (unpaired) electrons. The van der Waals surface area contributed by atoms with Gasteiger partial charge in [-0.1, -0.05) is 25.0 Å². The molecule has 4 heteroatoms. The van der Waals surface area contributed by atoms with Gasteiger partial charge in [-0.15, -0.1) is 12.4 Å². The molecule has 2 fully saturated rings. The van der Waals surface area contributed by atoms with Gasteiger partial charge < -0.3 is 10.6 Å². The van der Waals surface area contributed by atoms with Crippen LogP contribution in [0.4, 0.5) is 5.69 Å². The molecule has 0 aromatic heterocycles. The van der Waals surface area contributed by atoms with Crippen molar-refractivity contribution in [2.45, 2.75) is 32.1 Å². The van der Waals surface area contributed by atoms with Crippen molar-refractivity contribution in [3.8, 4) is 0 Å². The summed E-state index contributed by atoms with van der Waals surface area (Å²) in [6, 6.07) is 7.64. The summed E-state index contributed by atoms with van der Waals surface area (Å²) < 4.78 is 0. The number of nitrogen functional groups attached to an aromatic ring is 1. The first-order valence-corrected chi connectivity index (χ1v) is 7.34. The summed E-state index contributed by atoms with van der Waals surface area (Å²) in [5, 5.41) is 0. The number of likely N-dealkylation sites (tertiary alicyclic amines) is 1. The number of nitrogens with zero attached hydrogens (tertiary/aromatic N) is 1. The van der Waals surface area contributed by atoms with Crippen molar-refractivity contribution in [1.82, 2.24) is 4.90 Å². The summed E-state index contributed by atoms with van der Waals surface area (Å²) in [6.07, 6.45) is 5.84. The molecule has 1 aromatic rings. The van der Waals surface area contributed by atoms with Crippen LogP contribution >= 0.6 is 12.4 Å². The van der Waals surface area contributed by atoms with Crippen LogP contribution in [0.1, 0.15) is 31.2 Å². The molecule has 0 spiro atoms. The summed E-state index contributed by atoms with van der Waals surface area (Å²) in [5.41, 5.74) is 7.48. The minimum Gasteiger partial charge on any atom is -0.399 e. The van der Waals surface area contributed by atoms with E-state index >= 15 is 0 Å². The zero-order valence-corrected chi connectivity index (χ0v) is 12.6. The van der Waals surface area contributed by atoms with Crippen molar-refractivity contribution >= 4 is 24.0 Å². The van der Waals surface area contributed by atoms with Gasteiger partial charge >= 0.3 is 0 Å². The largest absolute Gasteiger partial charge is 0.399 e. The highest BCUT2D eigenvalue weighted by Crippen LogP contribution is 2.36. The predicted molar refractivity (Wildman–Crippen MR) is 83.8 cm³/mol. The second-order valence-corrected chi connectivity index (χ2v) is 6.02. The fourth-order valence-corrected chi connectivity index (χ4v) is 3.53. The van der Waals surface area contributed by atoms with Crippen molar-refractivity contribution in [2.75, 3.05) is 18.8 Å². The molecule has 2 unspecified atom stereocenters. The molecule has 2 atom stereocenters. The molecular weight excluding hydrogens is 272 g/mol. The van der Waals surface area contributed by atoms with Crippen LogP contribution in [-0.2, 0) is 11.2 Å². The Labute approximate surface area is 126 Å². The van der Waals surface area contributed by atoms with Crippen LogP contribution in [0.2, 0.25) is 0 Å².